The lowest BCUT2D eigenvalue weighted by atomic mass is 10.2. The van der Waals surface area contributed by atoms with Gasteiger partial charge in [0.2, 0.25) is 10.0 Å². The summed E-state index contributed by atoms with van der Waals surface area (Å²) in [6.07, 6.45) is 1.83. The van der Waals surface area contributed by atoms with Crippen molar-refractivity contribution in [2.24, 2.45) is 11.1 Å². The zero-order valence-electron chi connectivity index (χ0n) is 10.7. The molecule has 2 rings (SSSR count). The van der Waals surface area contributed by atoms with Crippen molar-refractivity contribution < 1.29 is 17.6 Å². The molecule has 0 saturated heterocycles. The highest BCUT2D eigenvalue weighted by atomic mass is 35.5. The van der Waals surface area contributed by atoms with Crippen molar-refractivity contribution in [1.29, 1.82) is 0 Å². The van der Waals surface area contributed by atoms with Crippen LogP contribution in [0.25, 0.3) is 0 Å². The number of carbonyl (C=O) groups excluding carboxylic acids is 1. The molecular formula is C12H14ClFN2O3S. The number of primary sulfonamides is 1. The second-order valence-electron chi connectivity index (χ2n) is 4.79. The van der Waals surface area contributed by atoms with E-state index in [2.05, 4.69) is 5.32 Å². The first-order valence-corrected chi connectivity index (χ1v) is 7.99. The molecule has 2 atom stereocenters. The number of nitrogens with one attached hydrogen (secondary N) is 1. The van der Waals surface area contributed by atoms with E-state index in [1.54, 1.807) is 0 Å². The van der Waals surface area contributed by atoms with E-state index in [4.69, 9.17) is 16.7 Å². The summed E-state index contributed by atoms with van der Waals surface area (Å²) >= 11 is 5.78. The summed E-state index contributed by atoms with van der Waals surface area (Å²) in [6, 6.07) is 1.71. The molecule has 8 heteroatoms. The van der Waals surface area contributed by atoms with Gasteiger partial charge in [0.05, 0.1) is 10.6 Å². The van der Waals surface area contributed by atoms with Crippen LogP contribution in [-0.4, -0.2) is 20.4 Å². The Labute approximate surface area is 121 Å². The van der Waals surface area contributed by atoms with Gasteiger partial charge < -0.3 is 5.32 Å². The summed E-state index contributed by atoms with van der Waals surface area (Å²) in [7, 11) is -4.25. The molecule has 0 aliphatic heterocycles. The third-order valence-electron chi connectivity index (χ3n) is 3.34. The highest BCUT2D eigenvalue weighted by Crippen LogP contribution is 2.33. The molecule has 1 amide bonds. The maximum Gasteiger partial charge on any atom is 0.253 e. The molecule has 1 aliphatic rings. The van der Waals surface area contributed by atoms with Crippen LogP contribution in [-0.2, 0) is 10.0 Å². The van der Waals surface area contributed by atoms with Crippen LogP contribution in [0.2, 0.25) is 5.02 Å². The molecule has 1 saturated carbocycles. The molecule has 2 unspecified atom stereocenters. The number of amides is 1. The maximum atomic E-state index is 13.5. The van der Waals surface area contributed by atoms with Crippen LogP contribution < -0.4 is 10.5 Å². The summed E-state index contributed by atoms with van der Waals surface area (Å²) < 4.78 is 36.0. The lowest BCUT2D eigenvalue weighted by molar-refractivity contribution is 0.0949. The second-order valence-corrected chi connectivity index (χ2v) is 6.73. The first kappa shape index (κ1) is 15.2. The van der Waals surface area contributed by atoms with Crippen molar-refractivity contribution in [3.05, 3.63) is 28.5 Å². The van der Waals surface area contributed by atoms with Gasteiger partial charge in [-0.05, 0) is 24.5 Å². The fraction of sp³-hybridized carbons (Fsp3) is 0.417. The van der Waals surface area contributed by atoms with E-state index in [1.807, 2.05) is 6.92 Å². The average Bonchev–Trinajstić information content (AvgIpc) is 3.05. The summed E-state index contributed by atoms with van der Waals surface area (Å²) in [6.45, 7) is 2.01. The first-order valence-electron chi connectivity index (χ1n) is 6.06. The van der Waals surface area contributed by atoms with Gasteiger partial charge in [0.25, 0.3) is 5.91 Å². The highest BCUT2D eigenvalue weighted by molar-refractivity contribution is 7.89. The molecule has 0 bridgehead atoms. The molecule has 110 valence electrons. The Hall–Kier alpha value is -1.18. The van der Waals surface area contributed by atoms with Crippen molar-refractivity contribution in [3.8, 4) is 0 Å². The molecule has 0 aromatic heterocycles. The number of benzene rings is 1. The molecule has 5 nitrogen and oxygen atoms in total. The summed E-state index contributed by atoms with van der Waals surface area (Å²) in [4.78, 5) is 11.3. The molecule has 20 heavy (non-hydrogen) atoms. The topological polar surface area (TPSA) is 89.3 Å². The molecule has 0 radical (unpaired) electrons. The van der Waals surface area contributed by atoms with Gasteiger partial charge in [-0.15, -0.1) is 0 Å². The van der Waals surface area contributed by atoms with E-state index in [1.165, 1.54) is 0 Å². The number of halogens is 2. The van der Waals surface area contributed by atoms with Gasteiger partial charge in [-0.2, -0.15) is 0 Å². The minimum Gasteiger partial charge on any atom is -0.349 e. The smallest absolute Gasteiger partial charge is 0.253 e. The van der Waals surface area contributed by atoms with E-state index in [0.29, 0.717) is 5.92 Å². The fourth-order valence-corrected chi connectivity index (χ4v) is 2.89. The predicted molar refractivity (Wildman–Crippen MR) is 72.4 cm³/mol. The molecule has 1 aromatic rings. The number of hydrogen-bond donors (Lipinski definition) is 2. The number of carbonyl (C=O) groups is 1. The SMILES string of the molecule is CCC1CC1NC(=O)c1cc(S(N)(=O)=O)c(F)cc1Cl. The van der Waals surface area contributed by atoms with Gasteiger partial charge in [0, 0.05) is 6.04 Å². The minimum atomic E-state index is -4.25. The predicted octanol–water partition coefficient (Wildman–Crippen LogP) is 1.65. The Morgan fingerprint density at radius 2 is 2.20 bits per heavy atom. The Morgan fingerprint density at radius 1 is 1.55 bits per heavy atom. The number of nitrogens with two attached hydrogens (primary N) is 1. The zero-order chi connectivity index (χ0) is 15.1. The molecule has 1 fully saturated rings. The highest BCUT2D eigenvalue weighted by Gasteiger charge is 2.37. The van der Waals surface area contributed by atoms with E-state index >= 15 is 0 Å². The molecule has 0 spiro atoms. The Bertz CT molecular complexity index is 663. The maximum absolute atomic E-state index is 13.5. The van der Waals surface area contributed by atoms with Crippen molar-refractivity contribution in [3.63, 3.8) is 0 Å². The van der Waals surface area contributed by atoms with Crippen molar-refractivity contribution in [2.45, 2.75) is 30.7 Å². The average molecular weight is 321 g/mol. The second kappa shape index (κ2) is 5.31. The van der Waals surface area contributed by atoms with E-state index in [-0.39, 0.29) is 16.6 Å². The van der Waals surface area contributed by atoms with Crippen LogP contribution in [0, 0.1) is 11.7 Å². The van der Waals surface area contributed by atoms with Gasteiger partial charge in [-0.25, -0.2) is 17.9 Å². The van der Waals surface area contributed by atoms with Crippen LogP contribution >= 0.6 is 11.6 Å². The summed E-state index contributed by atoms with van der Waals surface area (Å²) in [5, 5.41) is 7.47. The minimum absolute atomic E-state index is 0.0616. The van der Waals surface area contributed by atoms with Crippen molar-refractivity contribution in [2.75, 3.05) is 0 Å². The summed E-state index contributed by atoms with van der Waals surface area (Å²) in [5.74, 6) is -1.18. The monoisotopic (exact) mass is 320 g/mol. The van der Waals surface area contributed by atoms with Crippen LogP contribution in [0.15, 0.2) is 17.0 Å². The Balaban J connectivity index is 2.30. The zero-order valence-corrected chi connectivity index (χ0v) is 12.3. The normalized spacial score (nSPS) is 21.6. The number of sulfonamides is 1. The standard InChI is InChI=1S/C12H14ClFN2O3S/c1-2-6-3-10(6)16-12(17)7-4-11(20(15,18)19)9(14)5-8(7)13/h4-6,10H,2-3H2,1H3,(H,16,17)(H2,15,18,19). The van der Waals surface area contributed by atoms with Gasteiger partial charge in [0.1, 0.15) is 10.7 Å². The summed E-state index contributed by atoms with van der Waals surface area (Å²) in [5.41, 5.74) is -0.0983. The number of rotatable bonds is 4. The third-order valence-corrected chi connectivity index (χ3v) is 4.57. The molecular weight excluding hydrogens is 307 g/mol. The molecule has 0 heterocycles. The largest absolute Gasteiger partial charge is 0.349 e. The Morgan fingerprint density at radius 3 is 2.70 bits per heavy atom. The van der Waals surface area contributed by atoms with E-state index in [9.17, 15) is 17.6 Å². The van der Waals surface area contributed by atoms with Crippen molar-refractivity contribution in [1.82, 2.24) is 5.32 Å². The quantitative estimate of drug-likeness (QED) is 0.884. The number of hydrogen-bond acceptors (Lipinski definition) is 3. The third kappa shape index (κ3) is 3.11. The molecule has 3 N–H and O–H groups in total. The first-order chi connectivity index (χ1) is 9.24. The van der Waals surface area contributed by atoms with Gasteiger partial charge in [-0.1, -0.05) is 24.9 Å². The van der Waals surface area contributed by atoms with Gasteiger partial charge in [0.15, 0.2) is 0 Å². The lowest BCUT2D eigenvalue weighted by Crippen LogP contribution is -2.27. The van der Waals surface area contributed by atoms with Crippen LogP contribution in [0.5, 0.6) is 0 Å². The van der Waals surface area contributed by atoms with Crippen molar-refractivity contribution >= 4 is 27.5 Å². The Kier molecular flexibility index (Phi) is 4.04. The van der Waals surface area contributed by atoms with Gasteiger partial charge in [-0.3, -0.25) is 4.79 Å². The fourth-order valence-electron chi connectivity index (χ4n) is 2.04. The molecule has 1 aliphatic carbocycles. The van der Waals surface area contributed by atoms with Gasteiger partial charge >= 0.3 is 0 Å². The lowest BCUT2D eigenvalue weighted by Gasteiger charge is -2.09. The van der Waals surface area contributed by atoms with Crippen LogP contribution in [0.3, 0.4) is 0 Å². The van der Waals surface area contributed by atoms with E-state index in [0.717, 1.165) is 25.0 Å². The van der Waals surface area contributed by atoms with E-state index < -0.39 is 26.6 Å². The van der Waals surface area contributed by atoms with Crippen LogP contribution in [0.1, 0.15) is 30.1 Å². The molecule has 1 aromatic carbocycles. The van der Waals surface area contributed by atoms with Crippen LogP contribution in [0.4, 0.5) is 4.39 Å².